The van der Waals surface area contributed by atoms with Gasteiger partial charge in [0.1, 0.15) is 5.54 Å². The molecule has 0 bridgehead atoms. The first-order chi connectivity index (χ1) is 13.9. The molecule has 1 fully saturated rings. The Morgan fingerprint density at radius 1 is 1.28 bits per heavy atom. The number of carbonyl (C=O) groups excluding carboxylic acids is 3. The zero-order valence-corrected chi connectivity index (χ0v) is 16.8. The second-order valence-electron chi connectivity index (χ2n) is 7.84. The molecule has 0 unspecified atom stereocenters. The molecule has 1 aliphatic carbocycles. The van der Waals surface area contributed by atoms with Gasteiger partial charge < -0.3 is 9.88 Å². The summed E-state index contributed by atoms with van der Waals surface area (Å²) in [7, 11) is 0. The van der Waals surface area contributed by atoms with Gasteiger partial charge >= 0.3 is 6.03 Å². The molecule has 0 radical (unpaired) electrons. The van der Waals surface area contributed by atoms with Crippen LogP contribution in [-0.4, -0.2) is 33.7 Å². The fraction of sp³-hybridized carbons (Fsp3) is 0.348. The summed E-state index contributed by atoms with van der Waals surface area (Å²) in [5.41, 5.74) is 3.18. The van der Waals surface area contributed by atoms with Crippen molar-refractivity contribution >= 4 is 17.7 Å². The van der Waals surface area contributed by atoms with E-state index in [1.165, 1.54) is 0 Å². The molecule has 6 heteroatoms. The van der Waals surface area contributed by atoms with Crippen LogP contribution >= 0.6 is 0 Å². The molecule has 1 aromatic heterocycles. The Morgan fingerprint density at radius 3 is 2.79 bits per heavy atom. The van der Waals surface area contributed by atoms with Crippen molar-refractivity contribution in [1.29, 1.82) is 0 Å². The number of hydrogen-bond acceptors (Lipinski definition) is 3. The lowest BCUT2D eigenvalue weighted by Gasteiger charge is -2.33. The van der Waals surface area contributed by atoms with Crippen LogP contribution in [0.1, 0.15) is 45.7 Å². The van der Waals surface area contributed by atoms with Gasteiger partial charge in [0.15, 0.2) is 5.78 Å². The standard InChI is InChI=1S/C23H25N3O3/c1-4-12-25-15(2)13-18(16(25)3)20(27)14-26-21(28)23(24-22(26)29)11-7-9-17-8-5-6-10-19(17)23/h4-6,8,10,13H,1,7,9,11-12,14H2,2-3H3,(H,24,29)/t23-/m0/s1. The number of nitrogens with one attached hydrogen (secondary N) is 1. The first-order valence-electron chi connectivity index (χ1n) is 9.92. The lowest BCUT2D eigenvalue weighted by atomic mass is 9.76. The average molecular weight is 391 g/mol. The maximum absolute atomic E-state index is 13.4. The minimum absolute atomic E-state index is 0.238. The number of benzene rings is 1. The summed E-state index contributed by atoms with van der Waals surface area (Å²) in [4.78, 5) is 40.1. The minimum Gasteiger partial charge on any atom is -0.345 e. The molecule has 2 aromatic rings. The summed E-state index contributed by atoms with van der Waals surface area (Å²) >= 11 is 0. The molecule has 2 heterocycles. The van der Waals surface area contributed by atoms with E-state index in [0.29, 0.717) is 18.5 Å². The summed E-state index contributed by atoms with van der Waals surface area (Å²) in [6.07, 6.45) is 4.02. The fourth-order valence-corrected chi connectivity index (χ4v) is 4.68. The maximum atomic E-state index is 13.4. The van der Waals surface area contributed by atoms with Crippen molar-refractivity contribution in [2.24, 2.45) is 0 Å². The van der Waals surface area contributed by atoms with Gasteiger partial charge in [-0.3, -0.25) is 14.5 Å². The number of ketones is 1. The lowest BCUT2D eigenvalue weighted by Crippen LogP contribution is -2.46. The molecule has 1 atom stereocenters. The number of amides is 3. The number of rotatable bonds is 5. The van der Waals surface area contributed by atoms with Gasteiger partial charge in [-0.1, -0.05) is 30.3 Å². The molecule has 3 amide bonds. The third-order valence-electron chi connectivity index (χ3n) is 6.14. The van der Waals surface area contributed by atoms with Gasteiger partial charge in [-0.05, 0) is 50.3 Å². The number of carbonyl (C=O) groups is 3. The number of aromatic nitrogens is 1. The Morgan fingerprint density at radius 2 is 2.03 bits per heavy atom. The molecule has 2 aliphatic rings. The number of Topliss-reactive ketones (excluding diaryl/α,β-unsaturated/α-hetero) is 1. The number of imide groups is 1. The molecular formula is C23H25N3O3. The average Bonchev–Trinajstić information content (AvgIpc) is 3.12. The fourth-order valence-electron chi connectivity index (χ4n) is 4.68. The highest BCUT2D eigenvalue weighted by Crippen LogP contribution is 2.39. The predicted molar refractivity (Wildman–Crippen MR) is 110 cm³/mol. The number of hydrogen-bond donors (Lipinski definition) is 1. The number of allylic oxidation sites excluding steroid dienone is 1. The SMILES string of the molecule is C=CCn1c(C)cc(C(=O)CN2C(=O)N[C@]3(CCCc4ccccc43)C2=O)c1C. The van der Waals surface area contributed by atoms with E-state index in [1.54, 1.807) is 6.08 Å². The Balaban J connectivity index is 1.63. The van der Waals surface area contributed by atoms with Gasteiger partial charge in [0.05, 0.1) is 6.54 Å². The molecule has 1 N–H and O–H groups in total. The number of aryl methyl sites for hydroxylation is 2. The van der Waals surface area contributed by atoms with Crippen LogP contribution in [0, 0.1) is 13.8 Å². The van der Waals surface area contributed by atoms with Crippen molar-refractivity contribution in [2.45, 2.75) is 45.2 Å². The molecular weight excluding hydrogens is 366 g/mol. The van der Waals surface area contributed by atoms with Crippen molar-refractivity contribution in [3.8, 4) is 0 Å². The second kappa shape index (κ2) is 7.03. The summed E-state index contributed by atoms with van der Waals surface area (Å²) in [6, 6.07) is 9.04. The normalized spacial score (nSPS) is 20.7. The zero-order valence-electron chi connectivity index (χ0n) is 16.8. The van der Waals surface area contributed by atoms with E-state index >= 15 is 0 Å². The number of urea groups is 1. The van der Waals surface area contributed by atoms with Crippen LogP contribution in [0.2, 0.25) is 0 Å². The molecule has 1 aliphatic heterocycles. The van der Waals surface area contributed by atoms with E-state index in [4.69, 9.17) is 0 Å². The molecule has 1 aromatic carbocycles. The topological polar surface area (TPSA) is 71.4 Å². The highest BCUT2D eigenvalue weighted by molar-refractivity contribution is 6.11. The first kappa shape index (κ1) is 19.2. The van der Waals surface area contributed by atoms with Gasteiger partial charge in [-0.15, -0.1) is 6.58 Å². The Hall–Kier alpha value is -3.15. The Labute approximate surface area is 170 Å². The van der Waals surface area contributed by atoms with Crippen molar-refractivity contribution in [3.05, 3.63) is 71.1 Å². The summed E-state index contributed by atoms with van der Waals surface area (Å²) in [6.45, 7) is 7.89. The highest BCUT2D eigenvalue weighted by atomic mass is 16.2. The van der Waals surface area contributed by atoms with Crippen LogP contribution in [0.4, 0.5) is 4.79 Å². The zero-order chi connectivity index (χ0) is 20.8. The van der Waals surface area contributed by atoms with Gasteiger partial charge in [0.25, 0.3) is 5.91 Å². The van der Waals surface area contributed by atoms with E-state index in [0.717, 1.165) is 40.3 Å². The Bertz CT molecular complexity index is 1040. The monoisotopic (exact) mass is 391 g/mol. The Kier molecular flexibility index (Phi) is 4.65. The molecule has 0 saturated carbocycles. The summed E-state index contributed by atoms with van der Waals surface area (Å²) in [5, 5.41) is 2.90. The predicted octanol–water partition coefficient (Wildman–Crippen LogP) is 3.26. The maximum Gasteiger partial charge on any atom is 0.325 e. The molecule has 6 nitrogen and oxygen atoms in total. The van der Waals surface area contributed by atoms with Crippen LogP contribution in [0.3, 0.4) is 0 Å². The molecule has 1 saturated heterocycles. The van der Waals surface area contributed by atoms with Gasteiger partial charge in [0, 0.05) is 23.5 Å². The summed E-state index contributed by atoms with van der Waals surface area (Å²) < 4.78 is 1.99. The lowest BCUT2D eigenvalue weighted by molar-refractivity contribution is -0.131. The third-order valence-corrected chi connectivity index (χ3v) is 6.14. The van der Waals surface area contributed by atoms with Crippen LogP contribution < -0.4 is 5.32 Å². The van der Waals surface area contributed by atoms with Gasteiger partial charge in [0.2, 0.25) is 0 Å². The van der Waals surface area contributed by atoms with Crippen LogP contribution in [-0.2, 0) is 23.3 Å². The summed E-state index contributed by atoms with van der Waals surface area (Å²) in [5.74, 6) is -0.569. The highest BCUT2D eigenvalue weighted by Gasteiger charge is 2.54. The third kappa shape index (κ3) is 2.90. The van der Waals surface area contributed by atoms with E-state index in [1.807, 2.05) is 48.7 Å². The molecule has 1 spiro atoms. The van der Waals surface area contributed by atoms with E-state index in [9.17, 15) is 14.4 Å². The van der Waals surface area contributed by atoms with Gasteiger partial charge in [-0.25, -0.2) is 4.79 Å². The van der Waals surface area contributed by atoms with Crippen molar-refractivity contribution in [1.82, 2.24) is 14.8 Å². The van der Waals surface area contributed by atoms with Crippen molar-refractivity contribution in [2.75, 3.05) is 6.54 Å². The largest absolute Gasteiger partial charge is 0.345 e. The molecule has 29 heavy (non-hydrogen) atoms. The first-order valence-corrected chi connectivity index (χ1v) is 9.92. The number of nitrogens with zero attached hydrogens (tertiary/aromatic N) is 2. The smallest absolute Gasteiger partial charge is 0.325 e. The van der Waals surface area contributed by atoms with E-state index in [2.05, 4.69) is 11.9 Å². The van der Waals surface area contributed by atoms with E-state index in [-0.39, 0.29) is 18.2 Å². The second-order valence-corrected chi connectivity index (χ2v) is 7.84. The minimum atomic E-state index is -1.05. The van der Waals surface area contributed by atoms with Gasteiger partial charge in [-0.2, -0.15) is 0 Å². The molecule has 150 valence electrons. The van der Waals surface area contributed by atoms with Crippen LogP contribution in [0.15, 0.2) is 43.0 Å². The number of fused-ring (bicyclic) bond motifs is 2. The van der Waals surface area contributed by atoms with Crippen LogP contribution in [0.25, 0.3) is 0 Å². The van der Waals surface area contributed by atoms with Crippen molar-refractivity contribution < 1.29 is 14.4 Å². The quantitative estimate of drug-likeness (QED) is 0.483. The van der Waals surface area contributed by atoms with Crippen molar-refractivity contribution in [3.63, 3.8) is 0 Å². The van der Waals surface area contributed by atoms with E-state index < -0.39 is 11.6 Å². The van der Waals surface area contributed by atoms with Crippen LogP contribution in [0.5, 0.6) is 0 Å². The molecule has 4 rings (SSSR count).